The van der Waals surface area contributed by atoms with Crippen LogP contribution in [0.2, 0.25) is 0 Å². The third-order valence-electron chi connectivity index (χ3n) is 0.848. The van der Waals surface area contributed by atoms with Crippen molar-refractivity contribution in [2.45, 2.75) is 26.7 Å². The number of allylic oxidation sites excluding steroid dienone is 1. The van der Waals surface area contributed by atoms with Gasteiger partial charge < -0.3 is 5.92 Å². The van der Waals surface area contributed by atoms with E-state index in [9.17, 15) is 0 Å². The zero-order valence-electron chi connectivity index (χ0n) is 5.20. The van der Waals surface area contributed by atoms with Crippen molar-refractivity contribution in [2.24, 2.45) is 0 Å². The minimum atomic E-state index is 1.13. The Morgan fingerprint density at radius 2 is 2.14 bits per heavy atom. The van der Waals surface area contributed by atoms with Gasteiger partial charge in [0.2, 0.25) is 0 Å². The predicted molar refractivity (Wildman–Crippen MR) is 34.0 cm³/mol. The normalized spacial score (nSPS) is 9.57. The Morgan fingerprint density at radius 3 is 2.29 bits per heavy atom. The molecular formula is C7H13-. The molecule has 0 heteroatoms. The molecule has 0 radical (unpaired) electrons. The molecule has 0 nitrogen and oxygen atoms in total. The second kappa shape index (κ2) is 3.91. The lowest BCUT2D eigenvalue weighted by molar-refractivity contribution is 0.853. The Hall–Kier alpha value is -0.260. The number of hydrogen-bond acceptors (Lipinski definition) is 0. The first-order chi connectivity index (χ1) is 3.27. The van der Waals surface area contributed by atoms with Crippen LogP contribution in [0.25, 0.3) is 0 Å². The zero-order chi connectivity index (χ0) is 5.70. The Morgan fingerprint density at radius 1 is 1.57 bits per heavy atom. The van der Waals surface area contributed by atoms with Gasteiger partial charge in [0.15, 0.2) is 0 Å². The van der Waals surface area contributed by atoms with Crippen LogP contribution in [0, 0.1) is 5.92 Å². The van der Waals surface area contributed by atoms with E-state index in [1.807, 2.05) is 6.08 Å². The van der Waals surface area contributed by atoms with Crippen LogP contribution in [0.1, 0.15) is 26.7 Å². The van der Waals surface area contributed by atoms with Crippen LogP contribution in [-0.2, 0) is 0 Å². The average molecular weight is 97.2 g/mol. The molecule has 0 spiro atoms. The second-order valence-corrected chi connectivity index (χ2v) is 2.03. The minimum absolute atomic E-state index is 1.13. The van der Waals surface area contributed by atoms with E-state index in [4.69, 9.17) is 0 Å². The molecule has 0 aromatic carbocycles. The van der Waals surface area contributed by atoms with E-state index < -0.39 is 0 Å². The van der Waals surface area contributed by atoms with Crippen molar-refractivity contribution >= 4 is 0 Å². The predicted octanol–water partition coefficient (Wildman–Crippen LogP) is 2.57. The fourth-order valence-corrected chi connectivity index (χ4v) is 0.391. The first-order valence-electron chi connectivity index (χ1n) is 2.67. The summed E-state index contributed by atoms with van der Waals surface area (Å²) >= 11 is 0. The van der Waals surface area contributed by atoms with Crippen LogP contribution in [0.15, 0.2) is 12.7 Å². The third kappa shape index (κ3) is 5.74. The number of rotatable bonds is 3. The highest BCUT2D eigenvalue weighted by Gasteiger charge is 1.72. The highest BCUT2D eigenvalue weighted by atomic mass is 13.9. The molecule has 0 N–H and O–H groups in total. The van der Waals surface area contributed by atoms with E-state index in [0.717, 1.165) is 6.42 Å². The van der Waals surface area contributed by atoms with Gasteiger partial charge >= 0.3 is 0 Å². The van der Waals surface area contributed by atoms with Crippen molar-refractivity contribution in [2.75, 3.05) is 0 Å². The van der Waals surface area contributed by atoms with Crippen molar-refractivity contribution < 1.29 is 0 Å². The van der Waals surface area contributed by atoms with E-state index in [1.165, 1.54) is 12.3 Å². The van der Waals surface area contributed by atoms with E-state index in [1.54, 1.807) is 0 Å². The molecule has 0 atom stereocenters. The highest BCUT2D eigenvalue weighted by molar-refractivity contribution is 4.80. The van der Waals surface area contributed by atoms with Crippen molar-refractivity contribution in [3.8, 4) is 0 Å². The maximum atomic E-state index is 3.62. The molecule has 0 saturated carbocycles. The van der Waals surface area contributed by atoms with E-state index >= 15 is 0 Å². The van der Waals surface area contributed by atoms with Crippen LogP contribution in [-0.4, -0.2) is 0 Å². The Balaban J connectivity index is 2.81. The molecule has 0 aliphatic heterocycles. The summed E-state index contributed by atoms with van der Waals surface area (Å²) in [6.45, 7) is 7.90. The van der Waals surface area contributed by atoms with Gasteiger partial charge in [0.25, 0.3) is 0 Å². The first-order valence-corrected chi connectivity index (χ1v) is 2.67. The summed E-state index contributed by atoms with van der Waals surface area (Å²) in [6.07, 6.45) is 4.28. The molecule has 0 aromatic heterocycles. The van der Waals surface area contributed by atoms with Crippen LogP contribution < -0.4 is 0 Å². The van der Waals surface area contributed by atoms with Gasteiger partial charge in [-0.05, 0) is 0 Å². The molecule has 42 valence electrons. The zero-order valence-corrected chi connectivity index (χ0v) is 5.20. The summed E-state index contributed by atoms with van der Waals surface area (Å²) in [6, 6.07) is 0. The SMILES string of the molecule is C=CCC[C-](C)C. The summed E-state index contributed by atoms with van der Waals surface area (Å²) in [4.78, 5) is 0. The van der Waals surface area contributed by atoms with Gasteiger partial charge in [-0.2, -0.15) is 20.3 Å². The maximum absolute atomic E-state index is 3.62. The molecule has 0 amide bonds. The van der Waals surface area contributed by atoms with Crippen LogP contribution in [0.5, 0.6) is 0 Å². The molecule has 0 aliphatic carbocycles. The number of hydrogen-bond donors (Lipinski definition) is 0. The summed E-state index contributed by atoms with van der Waals surface area (Å²) < 4.78 is 0. The largest absolute Gasteiger partial charge is 0.319 e. The lowest BCUT2D eigenvalue weighted by Gasteiger charge is -2.13. The topological polar surface area (TPSA) is 0 Å². The molecule has 0 bridgehead atoms. The molecular weight excluding hydrogens is 84.1 g/mol. The second-order valence-electron chi connectivity index (χ2n) is 2.03. The van der Waals surface area contributed by atoms with Crippen LogP contribution >= 0.6 is 0 Å². The Bertz CT molecular complexity index is 44.0. The van der Waals surface area contributed by atoms with Gasteiger partial charge in [-0.3, -0.25) is 0 Å². The van der Waals surface area contributed by atoms with Gasteiger partial charge in [0, 0.05) is 0 Å². The lowest BCUT2D eigenvalue weighted by Crippen LogP contribution is -1.79. The van der Waals surface area contributed by atoms with Gasteiger partial charge in [-0.15, -0.1) is 6.58 Å². The molecule has 0 heterocycles. The molecule has 0 aromatic rings. The van der Waals surface area contributed by atoms with Gasteiger partial charge in [-0.1, -0.05) is 12.5 Å². The molecule has 0 fully saturated rings. The Labute approximate surface area is 46.2 Å². The average Bonchev–Trinajstić information content (AvgIpc) is 1.61. The third-order valence-corrected chi connectivity index (χ3v) is 0.848. The lowest BCUT2D eigenvalue weighted by atomic mass is 10.1. The quantitative estimate of drug-likeness (QED) is 0.375. The Kier molecular flexibility index (Phi) is 3.77. The van der Waals surface area contributed by atoms with Crippen LogP contribution in [0.4, 0.5) is 0 Å². The standard InChI is InChI=1S/C7H13/c1-4-5-6-7(2)3/h4H,1,5-6H2,2-3H3/q-1. The molecule has 0 rings (SSSR count). The summed E-state index contributed by atoms with van der Waals surface area (Å²) in [7, 11) is 0. The maximum Gasteiger partial charge on any atom is -0.0623 e. The molecule has 0 aliphatic rings. The van der Waals surface area contributed by atoms with Crippen molar-refractivity contribution in [3.05, 3.63) is 18.6 Å². The smallest absolute Gasteiger partial charge is 0.0623 e. The van der Waals surface area contributed by atoms with E-state index in [2.05, 4.69) is 20.4 Å². The summed E-state index contributed by atoms with van der Waals surface area (Å²) in [5.41, 5.74) is 0. The summed E-state index contributed by atoms with van der Waals surface area (Å²) in [5, 5.41) is 0. The van der Waals surface area contributed by atoms with Crippen molar-refractivity contribution in [1.82, 2.24) is 0 Å². The van der Waals surface area contributed by atoms with E-state index in [0.29, 0.717) is 0 Å². The molecule has 7 heavy (non-hydrogen) atoms. The summed E-state index contributed by atoms with van der Waals surface area (Å²) in [5.74, 6) is 1.49. The van der Waals surface area contributed by atoms with Gasteiger partial charge in [0.05, 0.1) is 0 Å². The minimum Gasteiger partial charge on any atom is -0.319 e. The monoisotopic (exact) mass is 97.1 g/mol. The molecule has 0 saturated heterocycles. The fraction of sp³-hybridized carbons (Fsp3) is 0.571. The van der Waals surface area contributed by atoms with Gasteiger partial charge in [0.1, 0.15) is 0 Å². The highest BCUT2D eigenvalue weighted by Crippen LogP contribution is 2.04. The van der Waals surface area contributed by atoms with Gasteiger partial charge in [-0.25, -0.2) is 0 Å². The fourth-order valence-electron chi connectivity index (χ4n) is 0.391. The van der Waals surface area contributed by atoms with Crippen LogP contribution in [0.3, 0.4) is 0 Å². The van der Waals surface area contributed by atoms with Crippen molar-refractivity contribution in [1.29, 1.82) is 0 Å². The first kappa shape index (κ1) is 6.74. The van der Waals surface area contributed by atoms with E-state index in [-0.39, 0.29) is 0 Å². The molecule has 0 unspecified atom stereocenters. The van der Waals surface area contributed by atoms with Crippen molar-refractivity contribution in [3.63, 3.8) is 0 Å².